The lowest BCUT2D eigenvalue weighted by atomic mass is 9.88. The molecule has 1 aromatic carbocycles. The van der Waals surface area contributed by atoms with Crippen LogP contribution in [0.4, 0.5) is 19.1 Å². The number of anilines is 1. The molecule has 2 N–H and O–H groups in total. The van der Waals surface area contributed by atoms with Crippen LogP contribution in [-0.4, -0.2) is 9.97 Å². The van der Waals surface area contributed by atoms with Crippen molar-refractivity contribution in [3.63, 3.8) is 0 Å². The second-order valence-corrected chi connectivity index (χ2v) is 5.38. The SMILES string of the molecule is CC(C)(C)c1nc(N)nc2c(C(F)(F)F)cccc12. The lowest BCUT2D eigenvalue weighted by Gasteiger charge is -2.21. The van der Waals surface area contributed by atoms with Crippen LogP contribution >= 0.6 is 0 Å². The first kappa shape index (κ1) is 13.6. The molecule has 0 saturated carbocycles. The van der Waals surface area contributed by atoms with Crippen LogP contribution < -0.4 is 5.73 Å². The van der Waals surface area contributed by atoms with E-state index in [1.807, 2.05) is 20.8 Å². The molecule has 0 atom stereocenters. The van der Waals surface area contributed by atoms with E-state index >= 15 is 0 Å². The van der Waals surface area contributed by atoms with Gasteiger partial charge in [0.25, 0.3) is 0 Å². The maximum absolute atomic E-state index is 13.0. The van der Waals surface area contributed by atoms with E-state index in [9.17, 15) is 13.2 Å². The largest absolute Gasteiger partial charge is 0.418 e. The Kier molecular flexibility index (Phi) is 2.91. The number of nitrogen functional groups attached to an aromatic ring is 1. The Balaban J connectivity index is 2.90. The fourth-order valence-corrected chi connectivity index (χ4v) is 1.97. The molecule has 0 bridgehead atoms. The molecule has 0 aliphatic carbocycles. The summed E-state index contributed by atoms with van der Waals surface area (Å²) in [4.78, 5) is 7.86. The van der Waals surface area contributed by atoms with Gasteiger partial charge in [-0.1, -0.05) is 32.9 Å². The Labute approximate surface area is 108 Å². The van der Waals surface area contributed by atoms with Crippen LogP contribution in [-0.2, 0) is 11.6 Å². The molecule has 0 radical (unpaired) electrons. The van der Waals surface area contributed by atoms with E-state index in [1.54, 1.807) is 6.07 Å². The number of fused-ring (bicyclic) bond motifs is 1. The highest BCUT2D eigenvalue weighted by molar-refractivity contribution is 5.86. The third-order valence-electron chi connectivity index (χ3n) is 2.76. The summed E-state index contributed by atoms with van der Waals surface area (Å²) in [7, 11) is 0. The van der Waals surface area contributed by atoms with Gasteiger partial charge in [0, 0.05) is 10.8 Å². The van der Waals surface area contributed by atoms with E-state index in [-0.39, 0.29) is 11.5 Å². The molecule has 19 heavy (non-hydrogen) atoms. The van der Waals surface area contributed by atoms with Crippen LogP contribution in [0.2, 0.25) is 0 Å². The molecule has 0 unspecified atom stereocenters. The minimum Gasteiger partial charge on any atom is -0.368 e. The minimum atomic E-state index is -4.46. The quantitative estimate of drug-likeness (QED) is 0.796. The number of alkyl halides is 3. The summed E-state index contributed by atoms with van der Waals surface area (Å²) in [6, 6.07) is 3.95. The standard InChI is InChI=1S/C13H14F3N3/c1-12(2,3)10-7-5-4-6-8(13(14,15)16)9(7)18-11(17)19-10/h4-6H,1-3H3,(H2,17,18,19). The molecular weight excluding hydrogens is 255 g/mol. The van der Waals surface area contributed by atoms with Crippen molar-refractivity contribution in [2.45, 2.75) is 32.4 Å². The number of aromatic nitrogens is 2. The van der Waals surface area contributed by atoms with Gasteiger partial charge in [-0.3, -0.25) is 0 Å². The van der Waals surface area contributed by atoms with Crippen LogP contribution in [0.5, 0.6) is 0 Å². The van der Waals surface area contributed by atoms with Crippen LogP contribution in [0.25, 0.3) is 10.9 Å². The molecule has 0 aliphatic heterocycles. The van der Waals surface area contributed by atoms with E-state index in [2.05, 4.69) is 9.97 Å². The molecule has 0 spiro atoms. The van der Waals surface area contributed by atoms with Crippen molar-refractivity contribution in [1.82, 2.24) is 9.97 Å². The van der Waals surface area contributed by atoms with E-state index in [0.29, 0.717) is 11.1 Å². The number of para-hydroxylation sites is 1. The maximum Gasteiger partial charge on any atom is 0.418 e. The average Bonchev–Trinajstić information content (AvgIpc) is 2.24. The lowest BCUT2D eigenvalue weighted by molar-refractivity contribution is -0.136. The smallest absolute Gasteiger partial charge is 0.368 e. The number of benzene rings is 1. The Morgan fingerprint density at radius 3 is 2.21 bits per heavy atom. The summed E-state index contributed by atoms with van der Waals surface area (Å²) in [5.41, 5.74) is 4.71. The predicted octanol–water partition coefficient (Wildman–Crippen LogP) is 3.53. The molecule has 3 nitrogen and oxygen atoms in total. The van der Waals surface area contributed by atoms with Crippen molar-refractivity contribution in [3.8, 4) is 0 Å². The maximum atomic E-state index is 13.0. The highest BCUT2D eigenvalue weighted by Crippen LogP contribution is 2.36. The summed E-state index contributed by atoms with van der Waals surface area (Å²) in [5, 5.41) is 0.386. The minimum absolute atomic E-state index is 0.144. The molecule has 1 heterocycles. The van der Waals surface area contributed by atoms with Gasteiger partial charge < -0.3 is 5.73 Å². The van der Waals surface area contributed by atoms with Gasteiger partial charge in [-0.25, -0.2) is 9.97 Å². The number of nitrogens with zero attached hydrogens (tertiary/aromatic N) is 2. The molecule has 0 fully saturated rings. The van der Waals surface area contributed by atoms with Crippen LogP contribution in [0.1, 0.15) is 32.0 Å². The topological polar surface area (TPSA) is 51.8 Å². The predicted molar refractivity (Wildman–Crippen MR) is 67.7 cm³/mol. The van der Waals surface area contributed by atoms with Crippen LogP contribution in [0.15, 0.2) is 18.2 Å². The van der Waals surface area contributed by atoms with E-state index in [1.165, 1.54) is 6.07 Å². The van der Waals surface area contributed by atoms with Gasteiger partial charge in [0.05, 0.1) is 16.8 Å². The van der Waals surface area contributed by atoms with Crippen LogP contribution in [0, 0.1) is 0 Å². The third-order valence-corrected chi connectivity index (χ3v) is 2.76. The van der Waals surface area contributed by atoms with Crippen molar-refractivity contribution in [2.75, 3.05) is 5.73 Å². The first-order chi connectivity index (χ1) is 8.60. The van der Waals surface area contributed by atoms with Crippen molar-refractivity contribution in [1.29, 1.82) is 0 Å². The highest BCUT2D eigenvalue weighted by Gasteiger charge is 2.34. The molecule has 1 aromatic heterocycles. The zero-order chi connectivity index (χ0) is 14.4. The number of halogens is 3. The lowest BCUT2D eigenvalue weighted by Crippen LogP contribution is -2.17. The summed E-state index contributed by atoms with van der Waals surface area (Å²) < 4.78 is 38.9. The van der Waals surface area contributed by atoms with Gasteiger partial charge in [0.15, 0.2) is 0 Å². The fourth-order valence-electron chi connectivity index (χ4n) is 1.97. The summed E-state index contributed by atoms with van der Waals surface area (Å²) in [5.74, 6) is -0.144. The number of hydrogen-bond acceptors (Lipinski definition) is 3. The first-order valence-corrected chi connectivity index (χ1v) is 5.74. The van der Waals surface area contributed by atoms with E-state index in [0.717, 1.165) is 6.07 Å². The molecule has 102 valence electrons. The van der Waals surface area contributed by atoms with Gasteiger partial charge in [-0.2, -0.15) is 13.2 Å². The monoisotopic (exact) mass is 269 g/mol. The molecule has 0 amide bonds. The molecule has 2 aromatic rings. The molecule has 6 heteroatoms. The zero-order valence-electron chi connectivity index (χ0n) is 10.8. The molecule has 0 aliphatic rings. The summed E-state index contributed by atoms with van der Waals surface area (Å²) in [6.45, 7) is 5.61. The number of nitrogens with two attached hydrogens (primary N) is 1. The average molecular weight is 269 g/mol. The fraction of sp³-hybridized carbons (Fsp3) is 0.385. The van der Waals surface area contributed by atoms with E-state index in [4.69, 9.17) is 5.73 Å². The van der Waals surface area contributed by atoms with Gasteiger partial charge >= 0.3 is 6.18 Å². The van der Waals surface area contributed by atoms with Crippen molar-refractivity contribution in [3.05, 3.63) is 29.5 Å². The normalized spacial score (nSPS) is 12.9. The molecular formula is C13H14F3N3. The van der Waals surface area contributed by atoms with Crippen molar-refractivity contribution >= 4 is 16.9 Å². The molecule has 2 rings (SSSR count). The molecule has 0 saturated heterocycles. The number of hydrogen-bond donors (Lipinski definition) is 1. The van der Waals surface area contributed by atoms with Gasteiger partial charge in [-0.05, 0) is 6.07 Å². The van der Waals surface area contributed by atoms with Gasteiger partial charge in [0.2, 0.25) is 5.95 Å². The summed E-state index contributed by atoms with van der Waals surface area (Å²) in [6.07, 6.45) is -4.46. The Morgan fingerprint density at radius 2 is 1.68 bits per heavy atom. The van der Waals surface area contributed by atoms with Gasteiger partial charge in [0.1, 0.15) is 0 Å². The Bertz CT molecular complexity index is 627. The van der Waals surface area contributed by atoms with E-state index < -0.39 is 17.2 Å². The third kappa shape index (κ3) is 2.47. The second-order valence-electron chi connectivity index (χ2n) is 5.38. The Hall–Kier alpha value is -1.85. The van der Waals surface area contributed by atoms with Crippen molar-refractivity contribution < 1.29 is 13.2 Å². The van der Waals surface area contributed by atoms with Crippen molar-refractivity contribution in [2.24, 2.45) is 0 Å². The zero-order valence-corrected chi connectivity index (χ0v) is 10.8. The Morgan fingerprint density at radius 1 is 1.05 bits per heavy atom. The number of rotatable bonds is 0. The highest BCUT2D eigenvalue weighted by atomic mass is 19.4. The second kappa shape index (κ2) is 4.08. The summed E-state index contributed by atoms with van der Waals surface area (Å²) >= 11 is 0. The van der Waals surface area contributed by atoms with Gasteiger partial charge in [-0.15, -0.1) is 0 Å². The first-order valence-electron chi connectivity index (χ1n) is 5.74. The van der Waals surface area contributed by atoms with Crippen LogP contribution in [0.3, 0.4) is 0 Å².